The average Bonchev–Trinajstić information content (AvgIpc) is 2.74. The van der Waals surface area contributed by atoms with E-state index in [1.807, 2.05) is 0 Å². The van der Waals surface area contributed by atoms with Gasteiger partial charge in [-0.2, -0.15) is 0 Å². The maximum absolute atomic E-state index is 12.1. The van der Waals surface area contributed by atoms with Gasteiger partial charge in [0.15, 0.2) is 11.5 Å². The standard InChI is InChI=1S/C13H14ClNO5/c1-13(2,5-10(16)17)15-12(18)7-3-8(14)11-9(4-7)19-6-20-11/h3-4H,5-6H2,1-2H3,(H,15,18)(H,16,17). The SMILES string of the molecule is CC(C)(CC(=O)O)NC(=O)c1cc(Cl)c2c(c1)OCO2. The van der Waals surface area contributed by atoms with E-state index in [4.69, 9.17) is 26.2 Å². The summed E-state index contributed by atoms with van der Waals surface area (Å²) in [5, 5.41) is 11.7. The molecule has 1 aliphatic rings. The minimum atomic E-state index is -0.987. The number of carboxylic acid groups (broad SMARTS) is 1. The van der Waals surface area contributed by atoms with E-state index in [1.54, 1.807) is 13.8 Å². The van der Waals surface area contributed by atoms with Crippen molar-refractivity contribution < 1.29 is 24.2 Å². The highest BCUT2D eigenvalue weighted by atomic mass is 35.5. The van der Waals surface area contributed by atoms with Gasteiger partial charge in [-0.25, -0.2) is 0 Å². The zero-order valence-electron chi connectivity index (χ0n) is 11.0. The third-order valence-corrected chi connectivity index (χ3v) is 3.02. The summed E-state index contributed by atoms with van der Waals surface area (Å²) >= 11 is 6.00. The Hall–Kier alpha value is -1.95. The van der Waals surface area contributed by atoms with Crippen molar-refractivity contribution in [2.24, 2.45) is 0 Å². The fraction of sp³-hybridized carbons (Fsp3) is 0.385. The Morgan fingerprint density at radius 3 is 2.75 bits per heavy atom. The highest BCUT2D eigenvalue weighted by Gasteiger charge is 2.26. The van der Waals surface area contributed by atoms with Gasteiger partial charge in [-0.05, 0) is 26.0 Å². The first-order valence-electron chi connectivity index (χ1n) is 5.92. The number of aliphatic carboxylic acids is 1. The van der Waals surface area contributed by atoms with Crippen LogP contribution in [0.15, 0.2) is 12.1 Å². The van der Waals surface area contributed by atoms with E-state index in [0.717, 1.165) is 0 Å². The molecule has 0 unspecified atom stereocenters. The Bertz CT molecular complexity index is 570. The number of benzene rings is 1. The summed E-state index contributed by atoms with van der Waals surface area (Å²) in [5.74, 6) is -0.595. The average molecular weight is 300 g/mol. The summed E-state index contributed by atoms with van der Waals surface area (Å²) in [6, 6.07) is 2.97. The van der Waals surface area contributed by atoms with Gasteiger partial charge in [-0.3, -0.25) is 9.59 Å². The number of ether oxygens (including phenoxy) is 2. The van der Waals surface area contributed by atoms with Crippen LogP contribution >= 0.6 is 11.6 Å². The predicted molar refractivity (Wildman–Crippen MR) is 71.4 cm³/mol. The summed E-state index contributed by atoms with van der Waals surface area (Å²) in [4.78, 5) is 22.9. The van der Waals surface area contributed by atoms with Crippen LogP contribution in [-0.4, -0.2) is 29.3 Å². The van der Waals surface area contributed by atoms with Crippen molar-refractivity contribution in [2.45, 2.75) is 25.8 Å². The van der Waals surface area contributed by atoms with Gasteiger partial charge in [0.2, 0.25) is 6.79 Å². The van der Waals surface area contributed by atoms with Crippen LogP contribution in [0.25, 0.3) is 0 Å². The fourth-order valence-electron chi connectivity index (χ4n) is 1.90. The Balaban J connectivity index is 2.18. The van der Waals surface area contributed by atoms with Gasteiger partial charge in [0, 0.05) is 11.1 Å². The maximum atomic E-state index is 12.1. The minimum Gasteiger partial charge on any atom is -0.481 e. The van der Waals surface area contributed by atoms with Crippen LogP contribution in [-0.2, 0) is 4.79 Å². The molecule has 0 fully saturated rings. The number of carbonyl (C=O) groups excluding carboxylic acids is 1. The van der Waals surface area contributed by atoms with Gasteiger partial charge in [-0.15, -0.1) is 0 Å². The number of rotatable bonds is 4. The molecule has 0 aliphatic carbocycles. The normalized spacial score (nSPS) is 13.2. The van der Waals surface area contributed by atoms with E-state index in [0.29, 0.717) is 11.5 Å². The minimum absolute atomic E-state index is 0.0602. The molecule has 1 aliphatic heterocycles. The third-order valence-electron chi connectivity index (χ3n) is 2.73. The predicted octanol–water partition coefficient (Wildman–Crippen LogP) is 2.05. The van der Waals surface area contributed by atoms with Crippen LogP contribution in [0.5, 0.6) is 11.5 Å². The van der Waals surface area contributed by atoms with Crippen molar-refractivity contribution in [1.82, 2.24) is 5.32 Å². The van der Waals surface area contributed by atoms with Gasteiger partial charge >= 0.3 is 5.97 Å². The molecule has 0 spiro atoms. The molecule has 0 bridgehead atoms. The molecule has 1 amide bonds. The van der Waals surface area contributed by atoms with Crippen LogP contribution in [0.2, 0.25) is 5.02 Å². The van der Waals surface area contributed by atoms with Crippen molar-refractivity contribution in [3.63, 3.8) is 0 Å². The molecule has 0 radical (unpaired) electrons. The molecule has 2 rings (SSSR count). The molecule has 1 aromatic carbocycles. The Morgan fingerprint density at radius 2 is 2.10 bits per heavy atom. The van der Waals surface area contributed by atoms with Gasteiger partial charge < -0.3 is 19.9 Å². The topological polar surface area (TPSA) is 84.9 Å². The molecule has 0 aromatic heterocycles. The summed E-state index contributed by atoms with van der Waals surface area (Å²) in [7, 11) is 0. The maximum Gasteiger partial charge on any atom is 0.305 e. The smallest absolute Gasteiger partial charge is 0.305 e. The first kappa shape index (κ1) is 14.5. The van der Waals surface area contributed by atoms with E-state index >= 15 is 0 Å². The van der Waals surface area contributed by atoms with Crippen LogP contribution in [0.4, 0.5) is 0 Å². The van der Waals surface area contributed by atoms with Crippen molar-refractivity contribution in [3.05, 3.63) is 22.7 Å². The van der Waals surface area contributed by atoms with E-state index in [1.165, 1.54) is 12.1 Å². The lowest BCUT2D eigenvalue weighted by atomic mass is 10.00. The molecule has 2 N–H and O–H groups in total. The molecule has 0 atom stereocenters. The highest BCUT2D eigenvalue weighted by molar-refractivity contribution is 6.32. The van der Waals surface area contributed by atoms with Crippen molar-refractivity contribution in [3.8, 4) is 11.5 Å². The number of amides is 1. The van der Waals surface area contributed by atoms with Crippen molar-refractivity contribution >= 4 is 23.5 Å². The second-order valence-electron chi connectivity index (χ2n) is 5.10. The summed E-state index contributed by atoms with van der Waals surface area (Å²) in [6.45, 7) is 3.33. The number of carboxylic acids is 1. The number of carbonyl (C=O) groups is 2. The molecule has 6 nitrogen and oxygen atoms in total. The lowest BCUT2D eigenvalue weighted by Crippen LogP contribution is -2.44. The van der Waals surface area contributed by atoms with Gasteiger partial charge in [0.25, 0.3) is 5.91 Å². The Kier molecular flexibility index (Phi) is 3.76. The largest absolute Gasteiger partial charge is 0.481 e. The van der Waals surface area contributed by atoms with Crippen LogP contribution in [0.1, 0.15) is 30.6 Å². The number of hydrogen-bond acceptors (Lipinski definition) is 4. The monoisotopic (exact) mass is 299 g/mol. The molecule has 1 heterocycles. The van der Waals surface area contributed by atoms with E-state index in [-0.39, 0.29) is 23.8 Å². The van der Waals surface area contributed by atoms with Gasteiger partial charge in [0.05, 0.1) is 11.4 Å². The molecule has 0 saturated heterocycles. The number of halogens is 1. The van der Waals surface area contributed by atoms with Gasteiger partial charge in [-0.1, -0.05) is 11.6 Å². The van der Waals surface area contributed by atoms with Crippen LogP contribution < -0.4 is 14.8 Å². The Morgan fingerprint density at radius 1 is 1.40 bits per heavy atom. The molecular weight excluding hydrogens is 286 g/mol. The second kappa shape index (κ2) is 5.20. The molecule has 20 heavy (non-hydrogen) atoms. The van der Waals surface area contributed by atoms with Gasteiger partial charge in [0.1, 0.15) is 0 Å². The summed E-state index contributed by atoms with van der Waals surface area (Å²) < 4.78 is 10.3. The third kappa shape index (κ3) is 3.14. The number of hydrogen-bond donors (Lipinski definition) is 2. The quantitative estimate of drug-likeness (QED) is 0.889. The zero-order chi connectivity index (χ0) is 14.9. The van der Waals surface area contributed by atoms with E-state index in [2.05, 4.69) is 5.32 Å². The summed E-state index contributed by atoms with van der Waals surface area (Å²) in [5.41, 5.74) is -0.580. The number of nitrogens with one attached hydrogen (secondary N) is 1. The van der Waals surface area contributed by atoms with Crippen molar-refractivity contribution in [1.29, 1.82) is 0 Å². The molecular formula is C13H14ClNO5. The molecule has 7 heteroatoms. The number of fused-ring (bicyclic) bond motifs is 1. The molecule has 1 aromatic rings. The first-order chi connectivity index (χ1) is 9.28. The fourth-order valence-corrected chi connectivity index (χ4v) is 2.17. The molecule has 0 saturated carbocycles. The van der Waals surface area contributed by atoms with E-state index in [9.17, 15) is 9.59 Å². The lowest BCUT2D eigenvalue weighted by molar-refractivity contribution is -0.138. The Labute approximate surface area is 120 Å². The van der Waals surface area contributed by atoms with Crippen molar-refractivity contribution in [2.75, 3.05) is 6.79 Å². The lowest BCUT2D eigenvalue weighted by Gasteiger charge is -2.24. The van der Waals surface area contributed by atoms with Crippen LogP contribution in [0, 0.1) is 0 Å². The first-order valence-corrected chi connectivity index (χ1v) is 6.30. The van der Waals surface area contributed by atoms with E-state index < -0.39 is 17.4 Å². The second-order valence-corrected chi connectivity index (χ2v) is 5.51. The summed E-state index contributed by atoms with van der Waals surface area (Å²) in [6.07, 6.45) is -0.184. The zero-order valence-corrected chi connectivity index (χ0v) is 11.8. The highest BCUT2D eigenvalue weighted by Crippen LogP contribution is 2.39. The molecule has 108 valence electrons. The van der Waals surface area contributed by atoms with Crippen LogP contribution in [0.3, 0.4) is 0 Å².